The minimum absolute atomic E-state index is 0.243. The lowest BCUT2D eigenvalue weighted by Gasteiger charge is -2.07. The fourth-order valence-corrected chi connectivity index (χ4v) is 2.39. The molecule has 0 spiro atoms. The quantitative estimate of drug-likeness (QED) is 0.626. The van der Waals surface area contributed by atoms with Crippen molar-refractivity contribution in [3.05, 3.63) is 72.3 Å². The summed E-state index contributed by atoms with van der Waals surface area (Å²) in [5.74, 6) is 0.996. The first kappa shape index (κ1) is 14.3. The Hall–Kier alpha value is -3.35. The van der Waals surface area contributed by atoms with Gasteiger partial charge in [-0.1, -0.05) is 18.2 Å². The summed E-state index contributed by atoms with van der Waals surface area (Å²) in [7, 11) is 0. The number of halogens is 1. The minimum atomic E-state index is -0.243. The summed E-state index contributed by atoms with van der Waals surface area (Å²) in [5.41, 5.74) is 2.09. The molecule has 0 fully saturated rings. The van der Waals surface area contributed by atoms with E-state index in [1.165, 1.54) is 6.07 Å². The van der Waals surface area contributed by atoms with Gasteiger partial charge in [-0.05, 0) is 30.3 Å². The fourth-order valence-electron chi connectivity index (χ4n) is 2.39. The molecule has 0 aliphatic carbocycles. The van der Waals surface area contributed by atoms with Crippen molar-refractivity contribution in [2.45, 2.75) is 6.54 Å². The third kappa shape index (κ3) is 2.67. The number of fused-ring (bicyclic) bond motifs is 1. The predicted molar refractivity (Wildman–Crippen MR) is 87.7 cm³/mol. The third-order valence-electron chi connectivity index (χ3n) is 3.62. The maximum Gasteiger partial charge on any atom is 0.185 e. The van der Waals surface area contributed by atoms with E-state index >= 15 is 0 Å². The van der Waals surface area contributed by atoms with Crippen molar-refractivity contribution in [1.82, 2.24) is 24.8 Å². The lowest BCUT2D eigenvalue weighted by atomic mass is 10.2. The third-order valence-corrected chi connectivity index (χ3v) is 3.62. The molecule has 0 amide bonds. The first-order valence-electron chi connectivity index (χ1n) is 7.41. The zero-order valence-corrected chi connectivity index (χ0v) is 12.6. The zero-order valence-electron chi connectivity index (χ0n) is 12.6. The molecule has 0 saturated carbocycles. The molecule has 4 aromatic rings. The zero-order chi connectivity index (χ0) is 16.4. The Morgan fingerprint density at radius 2 is 1.79 bits per heavy atom. The van der Waals surface area contributed by atoms with Crippen molar-refractivity contribution in [3.8, 4) is 11.4 Å². The van der Waals surface area contributed by atoms with E-state index in [-0.39, 0.29) is 5.82 Å². The highest BCUT2D eigenvalue weighted by atomic mass is 19.1. The van der Waals surface area contributed by atoms with Gasteiger partial charge in [0.25, 0.3) is 0 Å². The highest BCUT2D eigenvalue weighted by Gasteiger charge is 2.10. The SMILES string of the molecule is Fc1ccccc1CNc1ccc2nnc(-c3ccncc3)n2n1. The Labute approximate surface area is 137 Å². The molecule has 0 bridgehead atoms. The van der Waals surface area contributed by atoms with E-state index < -0.39 is 0 Å². The summed E-state index contributed by atoms with van der Waals surface area (Å²) >= 11 is 0. The van der Waals surface area contributed by atoms with Gasteiger partial charge in [0.15, 0.2) is 11.5 Å². The number of nitrogens with one attached hydrogen (secondary N) is 1. The van der Waals surface area contributed by atoms with Crippen LogP contribution in [-0.4, -0.2) is 24.8 Å². The van der Waals surface area contributed by atoms with Crippen LogP contribution >= 0.6 is 0 Å². The van der Waals surface area contributed by atoms with Gasteiger partial charge < -0.3 is 5.32 Å². The number of rotatable bonds is 4. The van der Waals surface area contributed by atoms with Gasteiger partial charge in [0.1, 0.15) is 11.6 Å². The molecule has 6 nitrogen and oxygen atoms in total. The van der Waals surface area contributed by atoms with Crippen LogP contribution in [0.25, 0.3) is 17.0 Å². The van der Waals surface area contributed by atoms with Gasteiger partial charge in [0.2, 0.25) is 0 Å². The van der Waals surface area contributed by atoms with Gasteiger partial charge in [-0.3, -0.25) is 4.98 Å². The second kappa shape index (κ2) is 6.04. The first-order chi connectivity index (χ1) is 11.8. The van der Waals surface area contributed by atoms with E-state index in [1.54, 1.807) is 41.2 Å². The van der Waals surface area contributed by atoms with Crippen LogP contribution in [0.2, 0.25) is 0 Å². The molecule has 0 radical (unpaired) electrons. The van der Waals surface area contributed by atoms with Crippen LogP contribution in [0.5, 0.6) is 0 Å². The summed E-state index contributed by atoms with van der Waals surface area (Å²) in [5, 5.41) is 15.9. The standard InChI is InChI=1S/C17H13FN6/c18-14-4-2-1-3-13(14)11-20-15-5-6-16-21-22-17(24(16)23-15)12-7-9-19-10-8-12/h1-10H,11H2,(H,20,23). The number of aromatic nitrogens is 5. The average Bonchev–Trinajstić information content (AvgIpc) is 3.05. The van der Waals surface area contributed by atoms with Crippen molar-refractivity contribution < 1.29 is 4.39 Å². The summed E-state index contributed by atoms with van der Waals surface area (Å²) in [6.45, 7) is 0.345. The molecule has 1 aromatic carbocycles. The van der Waals surface area contributed by atoms with E-state index in [4.69, 9.17) is 0 Å². The molecule has 7 heteroatoms. The van der Waals surface area contributed by atoms with Gasteiger partial charge in [-0.25, -0.2) is 4.39 Å². The van der Waals surface area contributed by atoms with Crippen molar-refractivity contribution in [3.63, 3.8) is 0 Å². The molecule has 24 heavy (non-hydrogen) atoms. The summed E-state index contributed by atoms with van der Waals surface area (Å²) in [4.78, 5) is 4.00. The lowest BCUT2D eigenvalue weighted by Crippen LogP contribution is -2.06. The molecule has 1 N–H and O–H groups in total. The highest BCUT2D eigenvalue weighted by Crippen LogP contribution is 2.17. The van der Waals surface area contributed by atoms with Gasteiger partial charge in [-0.15, -0.1) is 15.3 Å². The number of pyridine rings is 1. The maximum absolute atomic E-state index is 13.7. The summed E-state index contributed by atoms with van der Waals surface area (Å²) in [6.07, 6.45) is 3.38. The minimum Gasteiger partial charge on any atom is -0.364 e. The first-order valence-corrected chi connectivity index (χ1v) is 7.41. The Morgan fingerprint density at radius 3 is 2.62 bits per heavy atom. The molecule has 0 saturated heterocycles. The topological polar surface area (TPSA) is 68.0 Å². The van der Waals surface area contributed by atoms with Crippen molar-refractivity contribution in [1.29, 1.82) is 0 Å². The highest BCUT2D eigenvalue weighted by molar-refractivity contribution is 5.58. The van der Waals surface area contributed by atoms with Crippen LogP contribution in [0, 0.1) is 5.82 Å². The van der Waals surface area contributed by atoms with Gasteiger partial charge in [0.05, 0.1) is 0 Å². The average molecular weight is 320 g/mol. The Morgan fingerprint density at radius 1 is 0.958 bits per heavy atom. The van der Waals surface area contributed by atoms with Crippen LogP contribution in [0.3, 0.4) is 0 Å². The van der Waals surface area contributed by atoms with Crippen molar-refractivity contribution in [2.75, 3.05) is 5.32 Å². The largest absolute Gasteiger partial charge is 0.364 e. The molecular formula is C17H13FN6. The summed E-state index contributed by atoms with van der Waals surface area (Å²) < 4.78 is 15.3. The molecule has 3 heterocycles. The monoisotopic (exact) mass is 320 g/mol. The number of benzene rings is 1. The van der Waals surface area contributed by atoms with Crippen LogP contribution in [0.1, 0.15) is 5.56 Å². The van der Waals surface area contributed by atoms with Gasteiger partial charge in [-0.2, -0.15) is 4.52 Å². The molecule has 4 rings (SSSR count). The van der Waals surface area contributed by atoms with E-state index in [2.05, 4.69) is 25.6 Å². The van der Waals surface area contributed by atoms with E-state index in [0.29, 0.717) is 29.4 Å². The number of hydrogen-bond donors (Lipinski definition) is 1. The molecule has 0 unspecified atom stereocenters. The lowest BCUT2D eigenvalue weighted by molar-refractivity contribution is 0.612. The Bertz CT molecular complexity index is 983. The maximum atomic E-state index is 13.7. The van der Waals surface area contributed by atoms with Crippen LogP contribution in [0.4, 0.5) is 10.2 Å². The molecule has 0 atom stereocenters. The van der Waals surface area contributed by atoms with E-state index in [0.717, 1.165) is 5.56 Å². The number of anilines is 1. The number of nitrogens with zero attached hydrogens (tertiary/aromatic N) is 5. The van der Waals surface area contributed by atoms with Gasteiger partial charge in [0, 0.05) is 30.1 Å². The summed E-state index contributed by atoms with van der Waals surface area (Å²) in [6, 6.07) is 13.9. The molecule has 0 aliphatic heterocycles. The van der Waals surface area contributed by atoms with Crippen LogP contribution < -0.4 is 5.32 Å². The molecule has 0 aliphatic rings. The van der Waals surface area contributed by atoms with Crippen molar-refractivity contribution >= 4 is 11.5 Å². The van der Waals surface area contributed by atoms with E-state index in [1.807, 2.05) is 18.2 Å². The molecule has 3 aromatic heterocycles. The Balaban J connectivity index is 1.64. The van der Waals surface area contributed by atoms with Crippen molar-refractivity contribution in [2.24, 2.45) is 0 Å². The second-order valence-corrected chi connectivity index (χ2v) is 5.19. The normalized spacial score (nSPS) is 10.9. The number of hydrogen-bond acceptors (Lipinski definition) is 5. The molecular weight excluding hydrogens is 307 g/mol. The fraction of sp³-hybridized carbons (Fsp3) is 0.0588. The van der Waals surface area contributed by atoms with E-state index in [9.17, 15) is 4.39 Å². The van der Waals surface area contributed by atoms with Crippen LogP contribution in [-0.2, 0) is 6.54 Å². The van der Waals surface area contributed by atoms with Gasteiger partial charge >= 0.3 is 0 Å². The smallest absolute Gasteiger partial charge is 0.185 e. The second-order valence-electron chi connectivity index (χ2n) is 5.19. The Kier molecular flexibility index (Phi) is 3.59. The predicted octanol–water partition coefficient (Wildman–Crippen LogP) is 2.94. The molecule has 118 valence electrons. The van der Waals surface area contributed by atoms with Crippen LogP contribution in [0.15, 0.2) is 60.9 Å².